The molecule has 0 fully saturated rings. The molecule has 3 nitrogen and oxygen atoms in total. The quantitative estimate of drug-likeness (QED) is 0.829. The molecule has 1 heterocycles. The first-order chi connectivity index (χ1) is 10.7. The molecule has 0 amide bonds. The number of aliphatic imine (C=N–C) groups is 1. The van der Waals surface area contributed by atoms with E-state index in [4.69, 9.17) is 16.3 Å². The number of halogens is 1. The predicted octanol–water partition coefficient (Wildman–Crippen LogP) is 4.11. The number of rotatable bonds is 5. The van der Waals surface area contributed by atoms with Gasteiger partial charge < -0.3 is 9.64 Å². The Morgan fingerprint density at radius 2 is 1.95 bits per heavy atom. The minimum atomic E-state index is 0.142. The van der Waals surface area contributed by atoms with Crippen LogP contribution in [0, 0.1) is 6.92 Å². The third kappa shape index (κ3) is 3.42. The van der Waals surface area contributed by atoms with E-state index in [1.54, 1.807) is 0 Å². The Kier molecular flexibility index (Phi) is 4.64. The highest BCUT2D eigenvalue weighted by molar-refractivity contribution is 6.30. The number of para-hydroxylation sites is 1. The van der Waals surface area contributed by atoms with Crippen molar-refractivity contribution in [1.82, 2.24) is 4.90 Å². The Labute approximate surface area is 136 Å². The van der Waals surface area contributed by atoms with Crippen molar-refractivity contribution in [2.24, 2.45) is 4.99 Å². The van der Waals surface area contributed by atoms with Crippen molar-refractivity contribution in [3.8, 4) is 5.75 Å². The number of hydrogen-bond acceptors (Lipinski definition) is 3. The first-order valence-electron chi connectivity index (χ1n) is 7.43. The Balaban J connectivity index is 1.78. The smallest absolute Gasteiger partial charge is 0.122 e. The molecule has 0 aromatic heterocycles. The minimum Gasteiger partial charge on any atom is -0.491 e. The molecular weight excluding hydrogens is 296 g/mol. The van der Waals surface area contributed by atoms with Gasteiger partial charge >= 0.3 is 0 Å². The van der Waals surface area contributed by atoms with E-state index in [9.17, 15) is 0 Å². The second-order valence-electron chi connectivity index (χ2n) is 5.40. The van der Waals surface area contributed by atoms with Gasteiger partial charge in [0.05, 0.1) is 18.9 Å². The third-order valence-electron chi connectivity index (χ3n) is 3.86. The Hall–Kier alpha value is -2.00. The van der Waals surface area contributed by atoms with Gasteiger partial charge in [-0.1, -0.05) is 41.9 Å². The lowest BCUT2D eigenvalue weighted by Gasteiger charge is -2.27. The van der Waals surface area contributed by atoms with Gasteiger partial charge in [-0.15, -0.1) is 0 Å². The lowest BCUT2D eigenvalue weighted by atomic mass is 10.1. The second-order valence-corrected chi connectivity index (χ2v) is 5.84. The standard InChI is InChI=1S/C18H19ClN2O/c1-14-4-2-3-5-18(14)22-12-17(21-11-10-20-13-21)15-6-8-16(19)9-7-15/h2-9,13,17H,10-12H2,1H3. The van der Waals surface area contributed by atoms with Gasteiger partial charge in [-0.2, -0.15) is 0 Å². The molecule has 3 rings (SSSR count). The van der Waals surface area contributed by atoms with Crippen LogP contribution in [0.5, 0.6) is 5.75 Å². The van der Waals surface area contributed by atoms with E-state index in [2.05, 4.69) is 35.0 Å². The van der Waals surface area contributed by atoms with Crippen LogP contribution in [0.3, 0.4) is 0 Å². The van der Waals surface area contributed by atoms with E-state index in [1.807, 2.05) is 36.7 Å². The Morgan fingerprint density at radius 3 is 2.64 bits per heavy atom. The summed E-state index contributed by atoms with van der Waals surface area (Å²) in [5.74, 6) is 0.928. The fourth-order valence-corrected chi connectivity index (χ4v) is 2.71. The molecule has 2 aromatic rings. The van der Waals surface area contributed by atoms with E-state index >= 15 is 0 Å². The molecule has 0 saturated heterocycles. The summed E-state index contributed by atoms with van der Waals surface area (Å²) in [6.45, 7) is 4.40. The van der Waals surface area contributed by atoms with Gasteiger partial charge in [0.1, 0.15) is 12.4 Å². The van der Waals surface area contributed by atoms with Crippen molar-refractivity contribution in [1.29, 1.82) is 0 Å². The van der Waals surface area contributed by atoms with Crippen LogP contribution in [0.1, 0.15) is 17.2 Å². The zero-order valence-corrected chi connectivity index (χ0v) is 13.3. The molecule has 4 heteroatoms. The van der Waals surface area contributed by atoms with Gasteiger partial charge in [0.2, 0.25) is 0 Å². The van der Waals surface area contributed by atoms with Crippen LogP contribution in [0.2, 0.25) is 5.02 Å². The lowest BCUT2D eigenvalue weighted by Crippen LogP contribution is -2.30. The topological polar surface area (TPSA) is 24.8 Å². The van der Waals surface area contributed by atoms with E-state index in [0.717, 1.165) is 29.4 Å². The zero-order chi connectivity index (χ0) is 15.4. The molecule has 0 spiro atoms. The number of ether oxygens (including phenoxy) is 1. The molecular formula is C18H19ClN2O. The maximum absolute atomic E-state index is 6.06. The molecule has 0 radical (unpaired) electrons. The van der Waals surface area contributed by atoms with Gasteiger partial charge in [0.15, 0.2) is 0 Å². The second kappa shape index (κ2) is 6.84. The first-order valence-corrected chi connectivity index (χ1v) is 7.81. The summed E-state index contributed by atoms with van der Waals surface area (Å²) in [5, 5.41) is 0.748. The number of nitrogens with zero attached hydrogens (tertiary/aromatic N) is 2. The number of hydrogen-bond donors (Lipinski definition) is 0. The third-order valence-corrected chi connectivity index (χ3v) is 4.11. The highest BCUT2D eigenvalue weighted by atomic mass is 35.5. The molecule has 0 aliphatic carbocycles. The zero-order valence-electron chi connectivity index (χ0n) is 12.6. The summed E-state index contributed by atoms with van der Waals surface area (Å²) in [4.78, 5) is 6.54. The summed E-state index contributed by atoms with van der Waals surface area (Å²) >= 11 is 6.00. The first kappa shape index (κ1) is 14.9. The molecule has 1 aliphatic heterocycles. The number of benzene rings is 2. The van der Waals surface area contributed by atoms with Crippen molar-refractivity contribution < 1.29 is 4.74 Å². The maximum Gasteiger partial charge on any atom is 0.122 e. The van der Waals surface area contributed by atoms with Crippen LogP contribution in [-0.2, 0) is 0 Å². The summed E-state index contributed by atoms with van der Waals surface area (Å²) < 4.78 is 6.06. The van der Waals surface area contributed by atoms with Crippen LogP contribution >= 0.6 is 11.6 Å². The fourth-order valence-electron chi connectivity index (χ4n) is 2.59. The Morgan fingerprint density at radius 1 is 1.18 bits per heavy atom. The van der Waals surface area contributed by atoms with Gasteiger partial charge in [-0.25, -0.2) is 0 Å². The Bertz CT molecular complexity index is 654. The average Bonchev–Trinajstić information content (AvgIpc) is 3.05. The molecule has 114 valence electrons. The van der Waals surface area contributed by atoms with Gasteiger partial charge in [-0.05, 0) is 36.2 Å². The molecule has 0 bridgehead atoms. The van der Waals surface area contributed by atoms with E-state index in [1.165, 1.54) is 5.56 Å². The molecule has 1 aliphatic rings. The monoisotopic (exact) mass is 314 g/mol. The summed E-state index contributed by atoms with van der Waals surface area (Å²) in [7, 11) is 0. The van der Waals surface area contributed by atoms with Gasteiger partial charge in [-0.3, -0.25) is 4.99 Å². The normalized spacial score (nSPS) is 15.1. The van der Waals surface area contributed by atoms with Crippen molar-refractivity contribution >= 4 is 17.9 Å². The fraction of sp³-hybridized carbons (Fsp3) is 0.278. The maximum atomic E-state index is 6.06. The predicted molar refractivity (Wildman–Crippen MR) is 90.9 cm³/mol. The number of aryl methyl sites for hydroxylation is 1. The van der Waals surface area contributed by atoms with Crippen molar-refractivity contribution in [2.45, 2.75) is 13.0 Å². The van der Waals surface area contributed by atoms with Gasteiger partial charge in [0, 0.05) is 11.6 Å². The molecule has 0 N–H and O–H groups in total. The van der Waals surface area contributed by atoms with Gasteiger partial charge in [0.25, 0.3) is 0 Å². The lowest BCUT2D eigenvalue weighted by molar-refractivity contribution is 0.209. The highest BCUT2D eigenvalue weighted by Gasteiger charge is 2.21. The summed E-state index contributed by atoms with van der Waals surface area (Å²) in [6.07, 6.45) is 1.92. The molecule has 0 saturated carbocycles. The van der Waals surface area contributed by atoms with Crippen LogP contribution < -0.4 is 4.74 Å². The highest BCUT2D eigenvalue weighted by Crippen LogP contribution is 2.25. The van der Waals surface area contributed by atoms with Crippen LogP contribution in [0.25, 0.3) is 0 Å². The van der Waals surface area contributed by atoms with Crippen molar-refractivity contribution in [2.75, 3.05) is 19.7 Å². The van der Waals surface area contributed by atoms with E-state index in [0.29, 0.717) is 6.61 Å². The molecule has 1 unspecified atom stereocenters. The van der Waals surface area contributed by atoms with Crippen molar-refractivity contribution in [3.05, 3.63) is 64.7 Å². The van der Waals surface area contributed by atoms with Crippen LogP contribution in [-0.4, -0.2) is 30.9 Å². The van der Waals surface area contributed by atoms with Crippen LogP contribution in [0.15, 0.2) is 53.5 Å². The molecule has 22 heavy (non-hydrogen) atoms. The minimum absolute atomic E-state index is 0.142. The van der Waals surface area contributed by atoms with Crippen LogP contribution in [0.4, 0.5) is 0 Å². The summed E-state index contributed by atoms with van der Waals surface area (Å²) in [5.41, 5.74) is 2.33. The molecule has 2 aromatic carbocycles. The largest absolute Gasteiger partial charge is 0.491 e. The van der Waals surface area contributed by atoms with E-state index in [-0.39, 0.29) is 6.04 Å². The molecule has 1 atom stereocenters. The SMILES string of the molecule is Cc1ccccc1OCC(c1ccc(Cl)cc1)N1C=NCC1. The van der Waals surface area contributed by atoms with E-state index < -0.39 is 0 Å². The van der Waals surface area contributed by atoms with Crippen molar-refractivity contribution in [3.63, 3.8) is 0 Å². The average molecular weight is 315 g/mol. The summed E-state index contributed by atoms with van der Waals surface area (Å²) in [6, 6.07) is 16.2.